The van der Waals surface area contributed by atoms with Crippen LogP contribution < -0.4 is 4.74 Å². The highest BCUT2D eigenvalue weighted by Crippen LogP contribution is 2.31. The lowest BCUT2D eigenvalue weighted by Crippen LogP contribution is -2.05. The summed E-state index contributed by atoms with van der Waals surface area (Å²) in [6.07, 6.45) is 1.70. The van der Waals surface area contributed by atoms with E-state index in [9.17, 15) is 9.18 Å². The molecule has 0 amide bonds. The molecule has 8 heteroatoms. The number of aliphatic imine (C=N–C) groups is 1. The van der Waals surface area contributed by atoms with Crippen molar-refractivity contribution in [1.29, 1.82) is 0 Å². The number of rotatable bonds is 5. The predicted molar refractivity (Wildman–Crippen MR) is 137 cm³/mol. The van der Waals surface area contributed by atoms with Crippen molar-refractivity contribution in [1.82, 2.24) is 0 Å². The molecule has 0 aliphatic carbocycles. The zero-order valence-corrected chi connectivity index (χ0v) is 21.6. The molecule has 0 fully saturated rings. The molecule has 0 unspecified atom stereocenters. The smallest absolute Gasteiger partial charge is 0.363 e. The number of carbonyl (C=O) groups is 1. The summed E-state index contributed by atoms with van der Waals surface area (Å²) in [5, 5.41) is 0. The first-order valence-electron chi connectivity index (χ1n) is 9.04. The van der Waals surface area contributed by atoms with Gasteiger partial charge in [-0.15, -0.1) is 0 Å². The molecule has 0 atom stereocenters. The van der Waals surface area contributed by atoms with E-state index in [2.05, 4.69) is 66.1 Å². The summed E-state index contributed by atoms with van der Waals surface area (Å²) in [7, 11) is 0. The maximum absolute atomic E-state index is 13.1. The minimum absolute atomic E-state index is 0.238. The van der Waals surface area contributed by atoms with Crippen LogP contribution in [0.5, 0.6) is 5.75 Å². The molecule has 1 aliphatic rings. The van der Waals surface area contributed by atoms with Crippen molar-refractivity contribution in [2.75, 3.05) is 0 Å². The topological polar surface area (TPSA) is 47.9 Å². The van der Waals surface area contributed by atoms with Gasteiger partial charge in [0, 0.05) is 10.0 Å². The van der Waals surface area contributed by atoms with E-state index in [-0.39, 0.29) is 17.4 Å². The molecule has 1 aliphatic heterocycles. The highest BCUT2D eigenvalue weighted by Gasteiger charge is 2.24. The van der Waals surface area contributed by atoms with Gasteiger partial charge in [0.15, 0.2) is 5.70 Å². The van der Waals surface area contributed by atoms with E-state index in [1.807, 2.05) is 36.4 Å². The Morgan fingerprint density at radius 1 is 1.06 bits per heavy atom. The number of halogens is 4. The van der Waals surface area contributed by atoms with Crippen molar-refractivity contribution in [3.8, 4) is 5.75 Å². The Balaban J connectivity index is 1.55. The summed E-state index contributed by atoms with van der Waals surface area (Å²) >= 11 is 7.79. The van der Waals surface area contributed by atoms with Gasteiger partial charge in [0.1, 0.15) is 18.2 Å². The molecule has 3 aromatic carbocycles. The second-order valence-electron chi connectivity index (χ2n) is 6.58. The van der Waals surface area contributed by atoms with Crippen molar-refractivity contribution >= 4 is 79.1 Å². The molecule has 1 heterocycles. The van der Waals surface area contributed by atoms with E-state index in [0.717, 1.165) is 34.1 Å². The average Bonchev–Trinajstić information content (AvgIpc) is 3.09. The summed E-state index contributed by atoms with van der Waals surface area (Å²) in [5.74, 6) is 0.249. The summed E-state index contributed by atoms with van der Waals surface area (Å²) in [6.45, 7) is 0.333. The fourth-order valence-electron chi connectivity index (χ4n) is 2.85. The molecular weight excluding hydrogens is 691 g/mol. The molecule has 156 valence electrons. The van der Waals surface area contributed by atoms with Crippen LogP contribution in [0.15, 0.2) is 75.8 Å². The Bertz CT molecular complexity index is 1200. The molecule has 0 radical (unpaired) electrons. The molecule has 0 N–H and O–H groups in total. The summed E-state index contributed by atoms with van der Waals surface area (Å²) in [6, 6.07) is 17.5. The maximum atomic E-state index is 13.1. The number of hydrogen-bond donors (Lipinski definition) is 0. The molecule has 0 spiro atoms. The lowest BCUT2D eigenvalue weighted by Gasteiger charge is -2.11. The highest BCUT2D eigenvalue weighted by molar-refractivity contribution is 14.1. The Morgan fingerprint density at radius 2 is 1.77 bits per heavy atom. The quantitative estimate of drug-likeness (QED) is 0.169. The van der Waals surface area contributed by atoms with Crippen molar-refractivity contribution in [3.05, 3.63) is 100 Å². The van der Waals surface area contributed by atoms with Crippen LogP contribution in [0.2, 0.25) is 0 Å². The Labute approximate surface area is 214 Å². The molecule has 0 aromatic heterocycles. The van der Waals surface area contributed by atoms with Gasteiger partial charge in [-0.3, -0.25) is 0 Å². The van der Waals surface area contributed by atoms with Crippen molar-refractivity contribution < 1.29 is 18.7 Å². The third-order valence-corrected chi connectivity index (χ3v) is 6.41. The van der Waals surface area contributed by atoms with Crippen LogP contribution in [0.1, 0.15) is 16.7 Å². The standard InChI is InChI=1S/C23H13BrFI2NO3/c24-16-3-1-2-15(11-16)22-28-20(23(29)31-22)10-14-8-18(26)21(19(27)9-14)30-12-13-4-6-17(25)7-5-13/h1-11H,12H2/b20-10-. The number of benzene rings is 3. The van der Waals surface area contributed by atoms with Crippen LogP contribution in [0.25, 0.3) is 6.08 Å². The lowest BCUT2D eigenvalue weighted by atomic mass is 10.2. The summed E-state index contributed by atoms with van der Waals surface area (Å²) in [4.78, 5) is 16.7. The minimum Gasteiger partial charge on any atom is -0.487 e. The zero-order chi connectivity index (χ0) is 22.0. The van der Waals surface area contributed by atoms with Crippen LogP contribution >= 0.6 is 61.1 Å². The third-order valence-electron chi connectivity index (χ3n) is 4.31. The molecule has 0 saturated carbocycles. The normalized spacial score (nSPS) is 14.5. The van der Waals surface area contributed by atoms with Crippen LogP contribution in [-0.2, 0) is 16.1 Å². The second-order valence-corrected chi connectivity index (χ2v) is 9.82. The highest BCUT2D eigenvalue weighted by atomic mass is 127. The van der Waals surface area contributed by atoms with Gasteiger partial charge in [-0.25, -0.2) is 14.2 Å². The van der Waals surface area contributed by atoms with Gasteiger partial charge in [0.05, 0.1) is 7.14 Å². The minimum atomic E-state index is -0.489. The number of nitrogens with zero attached hydrogens (tertiary/aromatic N) is 1. The summed E-state index contributed by atoms with van der Waals surface area (Å²) in [5.41, 5.74) is 2.65. The van der Waals surface area contributed by atoms with Crippen molar-refractivity contribution in [2.45, 2.75) is 6.61 Å². The number of esters is 1. The fraction of sp³-hybridized carbons (Fsp3) is 0.0435. The zero-order valence-electron chi connectivity index (χ0n) is 15.7. The van der Waals surface area contributed by atoms with Gasteiger partial charge >= 0.3 is 5.97 Å². The van der Waals surface area contributed by atoms with Crippen molar-refractivity contribution in [3.63, 3.8) is 0 Å². The van der Waals surface area contributed by atoms with Gasteiger partial charge in [0.25, 0.3) is 0 Å². The molecule has 31 heavy (non-hydrogen) atoms. The summed E-state index contributed by atoms with van der Waals surface area (Å²) < 4.78 is 27.0. The first-order valence-corrected chi connectivity index (χ1v) is 12.0. The van der Waals surface area contributed by atoms with E-state index in [0.29, 0.717) is 6.61 Å². The monoisotopic (exact) mass is 703 g/mol. The largest absolute Gasteiger partial charge is 0.487 e. The molecule has 3 aromatic rings. The second kappa shape index (κ2) is 9.78. The van der Waals surface area contributed by atoms with Gasteiger partial charge in [-0.2, -0.15) is 0 Å². The maximum Gasteiger partial charge on any atom is 0.363 e. The van der Waals surface area contributed by atoms with Crippen LogP contribution in [-0.4, -0.2) is 11.9 Å². The molecule has 0 saturated heterocycles. The van der Waals surface area contributed by atoms with Crippen LogP contribution in [0.4, 0.5) is 4.39 Å². The third kappa shape index (κ3) is 5.53. The number of hydrogen-bond acceptors (Lipinski definition) is 4. The SMILES string of the molecule is O=C1OC(c2cccc(Br)c2)=N/C1=C\c1cc(I)c(OCc2ccc(F)cc2)c(I)c1. The van der Waals surface area contributed by atoms with Gasteiger partial charge < -0.3 is 9.47 Å². The first-order chi connectivity index (χ1) is 14.9. The molecule has 4 rings (SSSR count). The Morgan fingerprint density at radius 3 is 2.45 bits per heavy atom. The van der Waals surface area contributed by atoms with Crippen molar-refractivity contribution in [2.24, 2.45) is 4.99 Å². The van der Waals surface area contributed by atoms with Crippen LogP contribution in [0, 0.1) is 13.0 Å². The van der Waals surface area contributed by atoms with Gasteiger partial charge in [-0.1, -0.05) is 34.1 Å². The average molecular weight is 704 g/mol. The number of carbonyl (C=O) groups excluding carboxylic acids is 1. The lowest BCUT2D eigenvalue weighted by molar-refractivity contribution is -0.129. The van der Waals surface area contributed by atoms with E-state index in [1.54, 1.807) is 18.2 Å². The predicted octanol–water partition coefficient (Wildman–Crippen LogP) is 6.72. The number of cyclic esters (lactones) is 1. The Hall–Kier alpha value is -1.79. The van der Waals surface area contributed by atoms with E-state index in [1.165, 1.54) is 12.1 Å². The van der Waals surface area contributed by atoms with Gasteiger partial charge in [0.2, 0.25) is 5.90 Å². The Kier molecular flexibility index (Phi) is 7.07. The molecule has 4 nitrogen and oxygen atoms in total. The first kappa shape index (κ1) is 22.4. The van der Waals surface area contributed by atoms with E-state index < -0.39 is 5.97 Å². The van der Waals surface area contributed by atoms with Gasteiger partial charge in [-0.05, 0) is 105 Å². The fourth-order valence-corrected chi connectivity index (χ4v) is 5.38. The number of ether oxygens (including phenoxy) is 2. The van der Waals surface area contributed by atoms with E-state index in [4.69, 9.17) is 9.47 Å². The molecular formula is C23H13BrFI2NO3. The van der Waals surface area contributed by atoms with Crippen LogP contribution in [0.3, 0.4) is 0 Å². The molecule has 0 bridgehead atoms. The van der Waals surface area contributed by atoms with E-state index >= 15 is 0 Å².